The predicted octanol–water partition coefficient (Wildman–Crippen LogP) is 6.41. The number of hydrogen-bond donors (Lipinski definition) is 1. The molecule has 0 bridgehead atoms. The number of H-pyrrole nitrogens is 1. The maximum absolute atomic E-state index is 14.1. The van der Waals surface area contributed by atoms with Gasteiger partial charge in [-0.15, -0.1) is 0 Å². The van der Waals surface area contributed by atoms with Gasteiger partial charge in [0, 0.05) is 10.0 Å². The molecule has 0 fully saturated rings. The summed E-state index contributed by atoms with van der Waals surface area (Å²) in [5.41, 5.74) is -3.83. The van der Waals surface area contributed by atoms with Crippen molar-refractivity contribution in [3.63, 3.8) is 0 Å². The lowest BCUT2D eigenvalue weighted by molar-refractivity contribution is -0.289. The average molecular weight is 506 g/mol. The largest absolute Gasteiger partial charge is 0.458 e. The summed E-state index contributed by atoms with van der Waals surface area (Å²) in [7, 11) is 0. The van der Waals surface area contributed by atoms with Crippen LogP contribution in [0.3, 0.4) is 0 Å². The van der Waals surface area contributed by atoms with E-state index in [-0.39, 0.29) is 12.1 Å². The lowest BCUT2D eigenvalue weighted by Gasteiger charge is -2.20. The molecule has 13 heteroatoms. The van der Waals surface area contributed by atoms with Crippen molar-refractivity contribution in [3.8, 4) is 11.4 Å². The van der Waals surface area contributed by atoms with Crippen LogP contribution >= 0.6 is 31.9 Å². The zero-order valence-corrected chi connectivity index (χ0v) is 14.4. The fourth-order valence-electron chi connectivity index (χ4n) is 1.80. The number of halogens is 11. The molecule has 1 aromatic carbocycles. The van der Waals surface area contributed by atoms with Crippen molar-refractivity contribution in [1.82, 2.24) is 9.97 Å². The van der Waals surface area contributed by atoms with Gasteiger partial charge < -0.3 is 4.98 Å². The lowest BCUT2D eigenvalue weighted by atomic mass is 10.0. The highest BCUT2D eigenvalue weighted by Crippen LogP contribution is 2.46. The van der Waals surface area contributed by atoms with Gasteiger partial charge in [0.05, 0.1) is 5.56 Å². The van der Waals surface area contributed by atoms with Crippen LogP contribution in [0.1, 0.15) is 11.3 Å². The molecule has 1 N–H and O–H groups in total. The van der Waals surface area contributed by atoms with Crippen LogP contribution in [-0.4, -0.2) is 16.1 Å². The molecular formula is C12H3Br2F9N2. The number of aromatic amines is 1. The monoisotopic (exact) mass is 504 g/mol. The Labute approximate surface area is 149 Å². The average Bonchev–Trinajstić information content (AvgIpc) is 2.78. The molecule has 138 valence electrons. The zero-order chi connectivity index (χ0) is 19.4. The Morgan fingerprint density at radius 2 is 1.48 bits per heavy atom. The molecule has 0 saturated heterocycles. The van der Waals surface area contributed by atoms with E-state index in [0.717, 1.165) is 0 Å². The smallest absolute Gasteiger partial charge is 0.333 e. The van der Waals surface area contributed by atoms with Gasteiger partial charge in [-0.25, -0.2) is 9.37 Å². The SMILES string of the molecule is Fc1cc(C(F)(F)C(F)(F)F)cc(Br)c1-c1nc(Br)c(C(F)(F)F)[nH]1. The fraction of sp³-hybridized carbons (Fsp3) is 0.250. The van der Waals surface area contributed by atoms with E-state index >= 15 is 0 Å². The Morgan fingerprint density at radius 1 is 0.920 bits per heavy atom. The van der Waals surface area contributed by atoms with E-state index in [1.807, 2.05) is 0 Å². The van der Waals surface area contributed by atoms with Crippen LogP contribution in [0.5, 0.6) is 0 Å². The summed E-state index contributed by atoms with van der Waals surface area (Å²) < 4.78 is 114. The molecule has 0 aliphatic rings. The van der Waals surface area contributed by atoms with Crippen molar-refractivity contribution < 1.29 is 39.5 Å². The third-order valence-corrected chi connectivity index (χ3v) is 4.14. The van der Waals surface area contributed by atoms with E-state index in [4.69, 9.17) is 0 Å². The van der Waals surface area contributed by atoms with E-state index < -0.39 is 55.8 Å². The summed E-state index contributed by atoms with van der Waals surface area (Å²) in [5, 5.41) is 0. The highest BCUT2D eigenvalue weighted by molar-refractivity contribution is 9.10. The first kappa shape index (κ1) is 20.1. The maximum Gasteiger partial charge on any atom is 0.458 e. The van der Waals surface area contributed by atoms with Crippen LogP contribution in [0.4, 0.5) is 39.5 Å². The highest BCUT2D eigenvalue weighted by atomic mass is 79.9. The first-order chi connectivity index (χ1) is 11.2. The summed E-state index contributed by atoms with van der Waals surface area (Å²) in [6.45, 7) is 0. The zero-order valence-electron chi connectivity index (χ0n) is 11.3. The van der Waals surface area contributed by atoms with Gasteiger partial charge in [-0.3, -0.25) is 0 Å². The van der Waals surface area contributed by atoms with Gasteiger partial charge in [-0.2, -0.15) is 35.1 Å². The molecule has 1 heterocycles. The van der Waals surface area contributed by atoms with Crippen LogP contribution in [0.2, 0.25) is 0 Å². The van der Waals surface area contributed by atoms with Crippen LogP contribution in [-0.2, 0) is 12.1 Å². The van der Waals surface area contributed by atoms with Crippen molar-refractivity contribution >= 4 is 31.9 Å². The molecule has 25 heavy (non-hydrogen) atoms. The third kappa shape index (κ3) is 3.66. The van der Waals surface area contributed by atoms with Gasteiger partial charge in [-0.05, 0) is 44.0 Å². The summed E-state index contributed by atoms with van der Waals surface area (Å²) >= 11 is 5.08. The molecule has 0 atom stereocenters. The van der Waals surface area contributed by atoms with Gasteiger partial charge in [0.25, 0.3) is 0 Å². The van der Waals surface area contributed by atoms with Crippen molar-refractivity contribution in [3.05, 3.63) is 38.3 Å². The highest BCUT2D eigenvalue weighted by Gasteiger charge is 2.59. The Morgan fingerprint density at radius 3 is 1.88 bits per heavy atom. The number of hydrogen-bond acceptors (Lipinski definition) is 1. The molecule has 0 amide bonds. The van der Waals surface area contributed by atoms with Crippen molar-refractivity contribution in [1.29, 1.82) is 0 Å². The van der Waals surface area contributed by atoms with E-state index in [9.17, 15) is 39.5 Å². The van der Waals surface area contributed by atoms with Crippen LogP contribution in [0.25, 0.3) is 11.4 Å². The number of alkyl halides is 8. The standard InChI is InChI=1S/C12H3Br2F9N2/c13-4-1-3(10(16,17)12(21,22)23)2-5(15)6(4)9-24-7(8(14)25-9)11(18,19)20/h1-2H,(H,24,25). The second-order valence-electron chi connectivity index (χ2n) is 4.64. The summed E-state index contributed by atoms with van der Waals surface area (Å²) in [4.78, 5) is 5.12. The van der Waals surface area contributed by atoms with E-state index in [2.05, 4.69) is 36.8 Å². The van der Waals surface area contributed by atoms with Gasteiger partial charge in [0.2, 0.25) is 0 Å². The number of benzene rings is 1. The lowest BCUT2D eigenvalue weighted by Crippen LogP contribution is -2.33. The van der Waals surface area contributed by atoms with Crippen LogP contribution < -0.4 is 0 Å². The number of rotatable bonds is 2. The first-order valence-corrected chi connectivity index (χ1v) is 7.52. The Balaban J connectivity index is 2.60. The van der Waals surface area contributed by atoms with Crippen LogP contribution in [0.15, 0.2) is 21.2 Å². The second-order valence-corrected chi connectivity index (χ2v) is 6.24. The predicted molar refractivity (Wildman–Crippen MR) is 74.3 cm³/mol. The fourth-order valence-corrected chi connectivity index (χ4v) is 2.93. The number of aromatic nitrogens is 2. The molecule has 1 aromatic heterocycles. The molecular weight excluding hydrogens is 503 g/mol. The third-order valence-electron chi connectivity index (χ3n) is 2.94. The topological polar surface area (TPSA) is 28.7 Å². The van der Waals surface area contributed by atoms with E-state index in [1.165, 1.54) is 0 Å². The molecule has 0 aliphatic carbocycles. The minimum Gasteiger partial charge on any atom is -0.333 e. The maximum atomic E-state index is 14.1. The first-order valence-electron chi connectivity index (χ1n) is 5.93. The number of nitrogens with zero attached hydrogens (tertiary/aromatic N) is 1. The number of imidazole rings is 1. The molecule has 2 rings (SSSR count). The summed E-state index contributed by atoms with van der Waals surface area (Å²) in [6, 6.07) is 0.146. The van der Waals surface area contributed by atoms with Gasteiger partial charge in [0.1, 0.15) is 16.2 Å². The summed E-state index contributed by atoms with van der Waals surface area (Å²) in [6.07, 6.45) is -10.9. The number of nitrogens with one attached hydrogen (secondary N) is 1. The van der Waals surface area contributed by atoms with Gasteiger partial charge in [0.15, 0.2) is 5.69 Å². The van der Waals surface area contributed by atoms with Crippen molar-refractivity contribution in [2.75, 3.05) is 0 Å². The molecule has 0 saturated carbocycles. The summed E-state index contributed by atoms with van der Waals surface area (Å²) in [5.74, 6) is -7.69. The molecule has 2 aromatic rings. The molecule has 0 aliphatic heterocycles. The normalized spacial score (nSPS) is 13.4. The Kier molecular flexibility index (Phi) is 4.96. The van der Waals surface area contributed by atoms with Gasteiger partial charge >= 0.3 is 18.3 Å². The quantitative estimate of drug-likeness (QED) is 0.469. The van der Waals surface area contributed by atoms with Gasteiger partial charge in [-0.1, -0.05) is 0 Å². The minimum absolute atomic E-state index is 0.114. The minimum atomic E-state index is -5.97. The molecule has 2 nitrogen and oxygen atoms in total. The van der Waals surface area contributed by atoms with Crippen LogP contribution in [0, 0.1) is 5.82 Å². The van der Waals surface area contributed by atoms with Crippen molar-refractivity contribution in [2.45, 2.75) is 18.3 Å². The molecule has 0 spiro atoms. The van der Waals surface area contributed by atoms with E-state index in [1.54, 1.807) is 4.98 Å². The Bertz CT molecular complexity index is 785. The van der Waals surface area contributed by atoms with E-state index in [0.29, 0.717) is 0 Å². The Hall–Kier alpha value is -1.24. The van der Waals surface area contributed by atoms with Crippen molar-refractivity contribution in [2.24, 2.45) is 0 Å². The molecule has 0 radical (unpaired) electrons. The second kappa shape index (κ2) is 6.18. The molecule has 0 unspecified atom stereocenters.